The molecule has 0 saturated heterocycles. The molecule has 0 aliphatic carbocycles. The van der Waals surface area contributed by atoms with Gasteiger partial charge in [-0.2, -0.15) is 0 Å². The summed E-state index contributed by atoms with van der Waals surface area (Å²) in [5.41, 5.74) is 0. The predicted molar refractivity (Wildman–Crippen MR) is 86.0 cm³/mol. The molecule has 1 rings (SSSR count). The Hall–Kier alpha value is -0.960. The number of rotatable bonds is 11. The molecule has 2 unspecified atom stereocenters. The molecule has 1 aliphatic rings. The second-order valence-electron chi connectivity index (χ2n) is 5.70. The molecule has 1 aliphatic heterocycles. The number of aliphatic hydroxyl groups excluding tert-OH is 1. The van der Waals surface area contributed by atoms with E-state index in [1.165, 1.54) is 51.4 Å². The molecule has 0 spiro atoms. The number of hydrogen-bond acceptors (Lipinski definition) is 3. The number of hydrogen-bond donors (Lipinski definition) is 2. The van der Waals surface area contributed by atoms with E-state index in [-0.39, 0.29) is 6.17 Å². The van der Waals surface area contributed by atoms with Gasteiger partial charge in [0.1, 0.15) is 12.4 Å². The van der Waals surface area contributed by atoms with E-state index in [1.54, 1.807) is 0 Å². The fourth-order valence-electron chi connectivity index (χ4n) is 2.70. The summed E-state index contributed by atoms with van der Waals surface area (Å²) in [6, 6.07) is 0. The van der Waals surface area contributed by atoms with Gasteiger partial charge in [0, 0.05) is 12.4 Å². The van der Waals surface area contributed by atoms with E-state index in [0.717, 1.165) is 6.42 Å². The summed E-state index contributed by atoms with van der Waals surface area (Å²) in [6.07, 6.45) is 19.9. The zero-order valence-electron chi connectivity index (χ0n) is 13.2. The highest BCUT2D eigenvalue weighted by atomic mass is 16.3. The first-order chi connectivity index (χ1) is 9.75. The number of allylic oxidation sites excluding steroid dienone is 2. The van der Waals surface area contributed by atoms with Crippen LogP contribution < -0.4 is 5.32 Å². The van der Waals surface area contributed by atoms with E-state index in [1.807, 2.05) is 24.2 Å². The lowest BCUT2D eigenvalue weighted by Gasteiger charge is -2.28. The van der Waals surface area contributed by atoms with Crippen molar-refractivity contribution in [1.29, 1.82) is 0 Å². The molecule has 0 aromatic carbocycles. The van der Waals surface area contributed by atoms with Gasteiger partial charge in [0.05, 0.1) is 0 Å². The minimum Gasteiger partial charge on any atom is -0.374 e. The average Bonchev–Trinajstić information content (AvgIpc) is 2.89. The predicted octanol–water partition coefficient (Wildman–Crippen LogP) is 4.11. The molecule has 0 bridgehead atoms. The maximum Gasteiger partial charge on any atom is 0.125 e. The first-order valence-electron chi connectivity index (χ1n) is 8.25. The van der Waals surface area contributed by atoms with Crippen LogP contribution in [-0.2, 0) is 0 Å². The summed E-state index contributed by atoms with van der Waals surface area (Å²) < 4.78 is 0. The summed E-state index contributed by atoms with van der Waals surface area (Å²) >= 11 is 0. The Bertz CT molecular complexity index is 287. The fraction of sp³-hybridized carbons (Fsp3) is 0.765. The zero-order valence-corrected chi connectivity index (χ0v) is 13.2. The lowest BCUT2D eigenvalue weighted by atomic mass is 10.1. The molecule has 2 atom stereocenters. The van der Waals surface area contributed by atoms with E-state index >= 15 is 0 Å². The van der Waals surface area contributed by atoms with E-state index in [2.05, 4.69) is 24.4 Å². The van der Waals surface area contributed by atoms with Crippen molar-refractivity contribution in [1.82, 2.24) is 10.2 Å². The summed E-state index contributed by atoms with van der Waals surface area (Å²) in [7, 11) is 0. The van der Waals surface area contributed by atoms with E-state index in [0.29, 0.717) is 0 Å². The normalized spacial score (nSPS) is 19.8. The minimum absolute atomic E-state index is 0.288. The maximum atomic E-state index is 9.61. The Morgan fingerprint density at radius 3 is 2.45 bits per heavy atom. The van der Waals surface area contributed by atoms with Crippen LogP contribution in [0.25, 0.3) is 0 Å². The molecule has 3 heteroatoms. The van der Waals surface area contributed by atoms with Crippen molar-refractivity contribution in [2.75, 3.05) is 0 Å². The standard InChI is InChI=1S/C17H32N2O/c1-3-4-5-6-7-8-9-10-11-12-13-17-18-14-15-19(17)16(2)20/h3-4,14-18,20H,5-13H2,1-2H3/b4-3+. The Morgan fingerprint density at radius 2 is 1.80 bits per heavy atom. The van der Waals surface area contributed by atoms with Crippen LogP contribution in [0.2, 0.25) is 0 Å². The highest BCUT2D eigenvalue weighted by Crippen LogP contribution is 2.16. The van der Waals surface area contributed by atoms with Gasteiger partial charge in [-0.1, -0.05) is 44.3 Å². The van der Waals surface area contributed by atoms with Crippen LogP contribution in [0.4, 0.5) is 0 Å². The van der Waals surface area contributed by atoms with Gasteiger partial charge in [0.15, 0.2) is 0 Å². The second kappa shape index (κ2) is 10.8. The highest BCUT2D eigenvalue weighted by Gasteiger charge is 2.20. The van der Waals surface area contributed by atoms with Crippen LogP contribution in [0, 0.1) is 0 Å². The van der Waals surface area contributed by atoms with Crippen molar-refractivity contribution in [2.45, 2.75) is 84.0 Å². The quantitative estimate of drug-likeness (QED) is 0.441. The van der Waals surface area contributed by atoms with Gasteiger partial charge in [-0.3, -0.25) is 0 Å². The highest BCUT2D eigenvalue weighted by molar-refractivity contribution is 4.94. The Kier molecular flexibility index (Phi) is 9.22. The number of nitrogens with one attached hydrogen (secondary N) is 1. The smallest absolute Gasteiger partial charge is 0.125 e. The van der Waals surface area contributed by atoms with Crippen molar-refractivity contribution in [3.63, 3.8) is 0 Å². The number of aliphatic hydroxyl groups is 1. The average molecular weight is 280 g/mol. The summed E-state index contributed by atoms with van der Waals surface area (Å²) in [6.45, 7) is 3.91. The van der Waals surface area contributed by atoms with Crippen molar-refractivity contribution in [3.05, 3.63) is 24.6 Å². The van der Waals surface area contributed by atoms with Crippen LogP contribution in [-0.4, -0.2) is 22.4 Å². The lowest BCUT2D eigenvalue weighted by Crippen LogP contribution is -2.40. The third-order valence-electron chi connectivity index (χ3n) is 3.91. The van der Waals surface area contributed by atoms with Crippen molar-refractivity contribution >= 4 is 0 Å². The summed E-state index contributed by atoms with van der Waals surface area (Å²) in [4.78, 5) is 1.99. The van der Waals surface area contributed by atoms with Gasteiger partial charge >= 0.3 is 0 Å². The molecular formula is C17H32N2O. The van der Waals surface area contributed by atoms with Crippen LogP contribution in [0.3, 0.4) is 0 Å². The van der Waals surface area contributed by atoms with Gasteiger partial charge in [0.25, 0.3) is 0 Å². The van der Waals surface area contributed by atoms with E-state index in [9.17, 15) is 5.11 Å². The van der Waals surface area contributed by atoms with Crippen LogP contribution >= 0.6 is 0 Å². The Morgan fingerprint density at radius 1 is 1.15 bits per heavy atom. The molecule has 0 fully saturated rings. The summed E-state index contributed by atoms with van der Waals surface area (Å²) in [5.74, 6) is 0. The van der Waals surface area contributed by atoms with Gasteiger partial charge < -0.3 is 15.3 Å². The van der Waals surface area contributed by atoms with Gasteiger partial charge in [-0.25, -0.2) is 0 Å². The molecule has 0 saturated carbocycles. The topological polar surface area (TPSA) is 35.5 Å². The number of unbranched alkanes of at least 4 members (excludes halogenated alkanes) is 7. The summed E-state index contributed by atoms with van der Waals surface area (Å²) in [5, 5.41) is 12.9. The van der Waals surface area contributed by atoms with Crippen LogP contribution in [0.1, 0.15) is 71.6 Å². The second-order valence-corrected chi connectivity index (χ2v) is 5.70. The first-order valence-corrected chi connectivity index (χ1v) is 8.25. The SMILES string of the molecule is C/C=C/CCCCCCCCCC1NC=CN1C(C)O. The molecule has 3 nitrogen and oxygen atoms in total. The molecule has 0 radical (unpaired) electrons. The molecule has 116 valence electrons. The van der Waals surface area contributed by atoms with Gasteiger partial charge in [-0.15, -0.1) is 0 Å². The molecule has 0 amide bonds. The van der Waals surface area contributed by atoms with Crippen molar-refractivity contribution < 1.29 is 5.11 Å². The van der Waals surface area contributed by atoms with Gasteiger partial charge in [-0.05, 0) is 39.5 Å². The third kappa shape index (κ3) is 6.99. The van der Waals surface area contributed by atoms with Crippen molar-refractivity contribution in [3.8, 4) is 0 Å². The molecular weight excluding hydrogens is 248 g/mol. The molecule has 0 aromatic heterocycles. The lowest BCUT2D eigenvalue weighted by molar-refractivity contribution is 0.0254. The molecule has 0 aromatic rings. The maximum absolute atomic E-state index is 9.61. The fourth-order valence-corrected chi connectivity index (χ4v) is 2.70. The van der Waals surface area contributed by atoms with Crippen LogP contribution in [0.5, 0.6) is 0 Å². The van der Waals surface area contributed by atoms with Crippen LogP contribution in [0.15, 0.2) is 24.6 Å². The number of nitrogens with zero attached hydrogens (tertiary/aromatic N) is 1. The first kappa shape index (κ1) is 17.1. The monoisotopic (exact) mass is 280 g/mol. The van der Waals surface area contributed by atoms with E-state index < -0.39 is 6.23 Å². The zero-order chi connectivity index (χ0) is 14.6. The Balaban J connectivity index is 1.90. The Labute approximate surface area is 124 Å². The minimum atomic E-state index is -0.400. The molecule has 20 heavy (non-hydrogen) atoms. The van der Waals surface area contributed by atoms with E-state index in [4.69, 9.17) is 0 Å². The largest absolute Gasteiger partial charge is 0.374 e. The molecule has 2 N–H and O–H groups in total. The molecule has 1 heterocycles. The van der Waals surface area contributed by atoms with Gasteiger partial charge in [0.2, 0.25) is 0 Å². The van der Waals surface area contributed by atoms with Crippen molar-refractivity contribution in [2.24, 2.45) is 0 Å². The third-order valence-corrected chi connectivity index (χ3v) is 3.91.